The minimum absolute atomic E-state index is 0.393. The van der Waals surface area contributed by atoms with Gasteiger partial charge in [-0.25, -0.2) is 0 Å². The topological polar surface area (TPSA) is 52.0 Å². The Balaban J connectivity index is 1.91. The van der Waals surface area contributed by atoms with Gasteiger partial charge < -0.3 is 5.32 Å². The molecule has 1 N–H and O–H groups in total. The average Bonchev–Trinajstić information content (AvgIpc) is 2.57. The Kier molecular flexibility index (Phi) is 4.82. The highest BCUT2D eigenvalue weighted by Crippen LogP contribution is 2.30. The van der Waals surface area contributed by atoms with Crippen molar-refractivity contribution >= 4 is 16.6 Å². The summed E-state index contributed by atoms with van der Waals surface area (Å²) >= 11 is 0. The predicted octanol–water partition coefficient (Wildman–Crippen LogP) is 3.79. The highest BCUT2D eigenvalue weighted by molar-refractivity contribution is 5.96. The zero-order chi connectivity index (χ0) is 17.1. The monoisotopic (exact) mass is 320 g/mol. The molecule has 124 valence electrons. The highest BCUT2D eigenvalue weighted by Gasteiger charge is 2.20. The van der Waals surface area contributed by atoms with Gasteiger partial charge in [-0.05, 0) is 38.3 Å². The molecule has 1 aliphatic heterocycles. The van der Waals surface area contributed by atoms with Gasteiger partial charge in [0.25, 0.3) is 0 Å². The van der Waals surface area contributed by atoms with E-state index in [1.165, 1.54) is 5.56 Å². The summed E-state index contributed by atoms with van der Waals surface area (Å²) in [6.45, 7) is 11.1. The molecule has 1 aromatic carbocycles. The molecule has 4 nitrogen and oxygen atoms in total. The van der Waals surface area contributed by atoms with Crippen LogP contribution in [0.15, 0.2) is 31.0 Å². The maximum absolute atomic E-state index is 9.51. The third-order valence-electron chi connectivity index (χ3n) is 4.75. The molecule has 0 amide bonds. The van der Waals surface area contributed by atoms with E-state index in [-0.39, 0.29) is 0 Å². The van der Waals surface area contributed by atoms with Crippen LogP contribution in [0.3, 0.4) is 0 Å². The lowest BCUT2D eigenvalue weighted by Crippen LogP contribution is -2.39. The van der Waals surface area contributed by atoms with Crippen molar-refractivity contribution in [2.45, 2.75) is 32.7 Å². The number of piperidine rings is 1. The maximum Gasteiger partial charge on any atom is 0.103 e. The molecule has 1 saturated heterocycles. The van der Waals surface area contributed by atoms with E-state index in [0.717, 1.165) is 54.6 Å². The number of pyridine rings is 1. The molecule has 0 spiro atoms. The van der Waals surface area contributed by atoms with E-state index in [2.05, 4.69) is 53.8 Å². The number of likely N-dealkylation sites (tertiary alicyclic amines) is 1. The first kappa shape index (κ1) is 16.5. The molecule has 2 aromatic rings. The van der Waals surface area contributed by atoms with Crippen molar-refractivity contribution in [3.8, 4) is 6.07 Å². The van der Waals surface area contributed by atoms with Crippen LogP contribution in [-0.4, -0.2) is 35.6 Å². The van der Waals surface area contributed by atoms with Crippen LogP contribution in [0.1, 0.15) is 29.5 Å². The first-order chi connectivity index (χ1) is 11.6. The van der Waals surface area contributed by atoms with Crippen LogP contribution in [0.2, 0.25) is 0 Å². The molecule has 1 aromatic heterocycles. The van der Waals surface area contributed by atoms with Gasteiger partial charge in [0.1, 0.15) is 6.07 Å². The van der Waals surface area contributed by atoms with Crippen molar-refractivity contribution in [2.75, 3.05) is 25.0 Å². The number of benzene rings is 1. The number of nitrogens with one attached hydrogen (secondary N) is 1. The molecule has 0 unspecified atom stereocenters. The standard InChI is InChI=1S/C20H24N4/c1-4-7-24-8-5-17(6-9-24)23-20-16(12-21)13-22-19-15(3)10-14(2)11-18(19)20/h4,10-11,13,17H,1,5-9H2,2-3H3,(H,22,23). The fourth-order valence-electron chi connectivity index (χ4n) is 3.55. The van der Waals surface area contributed by atoms with Crippen molar-refractivity contribution < 1.29 is 0 Å². The number of hydrogen-bond acceptors (Lipinski definition) is 4. The Morgan fingerprint density at radius 2 is 2.12 bits per heavy atom. The quantitative estimate of drug-likeness (QED) is 0.871. The van der Waals surface area contributed by atoms with Crippen molar-refractivity contribution in [2.24, 2.45) is 0 Å². The third-order valence-corrected chi connectivity index (χ3v) is 4.75. The fraction of sp³-hybridized carbons (Fsp3) is 0.400. The van der Waals surface area contributed by atoms with Crippen LogP contribution in [-0.2, 0) is 0 Å². The third kappa shape index (κ3) is 3.27. The van der Waals surface area contributed by atoms with Gasteiger partial charge >= 0.3 is 0 Å². The lowest BCUT2D eigenvalue weighted by molar-refractivity contribution is 0.240. The van der Waals surface area contributed by atoms with Crippen LogP contribution in [0.4, 0.5) is 5.69 Å². The number of rotatable bonds is 4. The first-order valence-corrected chi connectivity index (χ1v) is 8.52. The van der Waals surface area contributed by atoms with Crippen LogP contribution in [0, 0.1) is 25.2 Å². The van der Waals surface area contributed by atoms with Gasteiger partial charge in [-0.3, -0.25) is 9.88 Å². The van der Waals surface area contributed by atoms with Crippen LogP contribution in [0.5, 0.6) is 0 Å². The summed E-state index contributed by atoms with van der Waals surface area (Å²) in [7, 11) is 0. The molecule has 0 radical (unpaired) electrons. The molecule has 24 heavy (non-hydrogen) atoms. The highest BCUT2D eigenvalue weighted by atomic mass is 15.1. The lowest BCUT2D eigenvalue weighted by Gasteiger charge is -2.32. The molecule has 0 bridgehead atoms. The van der Waals surface area contributed by atoms with E-state index in [1.807, 2.05) is 6.08 Å². The Labute approximate surface area is 143 Å². The zero-order valence-electron chi connectivity index (χ0n) is 14.5. The number of aromatic nitrogens is 1. The van der Waals surface area contributed by atoms with E-state index >= 15 is 0 Å². The largest absolute Gasteiger partial charge is 0.381 e. The molecule has 0 aliphatic carbocycles. The Morgan fingerprint density at radius 3 is 2.79 bits per heavy atom. The van der Waals surface area contributed by atoms with Crippen LogP contribution in [0.25, 0.3) is 10.9 Å². The molecule has 1 aliphatic rings. The van der Waals surface area contributed by atoms with Gasteiger partial charge in [0.05, 0.1) is 16.8 Å². The van der Waals surface area contributed by atoms with Gasteiger partial charge in [-0.15, -0.1) is 6.58 Å². The number of fused-ring (bicyclic) bond motifs is 1. The molecule has 2 heterocycles. The van der Waals surface area contributed by atoms with Crippen molar-refractivity contribution in [1.29, 1.82) is 5.26 Å². The normalized spacial score (nSPS) is 16.0. The number of anilines is 1. The molecule has 4 heteroatoms. The van der Waals surface area contributed by atoms with Crippen LogP contribution >= 0.6 is 0 Å². The molecular weight excluding hydrogens is 296 g/mol. The van der Waals surface area contributed by atoms with Gasteiger partial charge in [-0.2, -0.15) is 5.26 Å². The Morgan fingerprint density at radius 1 is 1.38 bits per heavy atom. The summed E-state index contributed by atoms with van der Waals surface area (Å²) in [4.78, 5) is 6.91. The zero-order valence-corrected chi connectivity index (χ0v) is 14.5. The van der Waals surface area contributed by atoms with E-state index in [1.54, 1.807) is 6.20 Å². The van der Waals surface area contributed by atoms with Crippen molar-refractivity contribution in [3.05, 3.63) is 47.7 Å². The van der Waals surface area contributed by atoms with Gasteiger partial charge in [-0.1, -0.05) is 17.7 Å². The van der Waals surface area contributed by atoms with E-state index in [9.17, 15) is 5.26 Å². The lowest BCUT2D eigenvalue weighted by atomic mass is 10.0. The summed E-state index contributed by atoms with van der Waals surface area (Å²) in [6, 6.07) is 6.96. The summed E-state index contributed by atoms with van der Waals surface area (Å²) in [5.74, 6) is 0. The van der Waals surface area contributed by atoms with Crippen LogP contribution < -0.4 is 5.32 Å². The summed E-state index contributed by atoms with van der Waals surface area (Å²) in [5.41, 5.74) is 4.89. The summed E-state index contributed by atoms with van der Waals surface area (Å²) in [5, 5.41) is 14.2. The maximum atomic E-state index is 9.51. The first-order valence-electron chi connectivity index (χ1n) is 8.52. The number of hydrogen-bond donors (Lipinski definition) is 1. The van der Waals surface area contributed by atoms with Gasteiger partial charge in [0.2, 0.25) is 0 Å². The van der Waals surface area contributed by atoms with E-state index in [4.69, 9.17) is 0 Å². The second kappa shape index (κ2) is 7.02. The second-order valence-corrected chi connectivity index (χ2v) is 6.64. The number of nitrogens with zero attached hydrogens (tertiary/aromatic N) is 3. The molecule has 3 rings (SSSR count). The number of aryl methyl sites for hydroxylation is 2. The van der Waals surface area contributed by atoms with E-state index in [0.29, 0.717) is 11.6 Å². The Hall–Kier alpha value is -2.38. The van der Waals surface area contributed by atoms with Gasteiger partial charge in [0, 0.05) is 37.3 Å². The van der Waals surface area contributed by atoms with Crippen molar-refractivity contribution in [1.82, 2.24) is 9.88 Å². The van der Waals surface area contributed by atoms with Gasteiger partial charge in [0.15, 0.2) is 0 Å². The fourth-order valence-corrected chi connectivity index (χ4v) is 3.55. The SMILES string of the molecule is C=CCN1CCC(Nc2c(C#N)cnc3c(C)cc(C)cc23)CC1. The molecule has 0 saturated carbocycles. The van der Waals surface area contributed by atoms with E-state index < -0.39 is 0 Å². The minimum Gasteiger partial charge on any atom is -0.381 e. The average molecular weight is 320 g/mol. The Bertz CT molecular complexity index is 795. The van der Waals surface area contributed by atoms with Crippen molar-refractivity contribution in [3.63, 3.8) is 0 Å². The number of nitriles is 1. The smallest absolute Gasteiger partial charge is 0.103 e. The molecular formula is C20H24N4. The minimum atomic E-state index is 0.393. The second-order valence-electron chi connectivity index (χ2n) is 6.64. The molecule has 0 atom stereocenters. The molecule has 1 fully saturated rings. The summed E-state index contributed by atoms with van der Waals surface area (Å²) in [6.07, 6.45) is 5.81. The predicted molar refractivity (Wildman–Crippen MR) is 99.2 cm³/mol. The summed E-state index contributed by atoms with van der Waals surface area (Å²) < 4.78 is 0.